The number of hydrogen-bond acceptors (Lipinski definition) is 5. The Morgan fingerprint density at radius 1 is 1.06 bits per heavy atom. The van der Waals surface area contributed by atoms with Crippen LogP contribution in [0.3, 0.4) is 0 Å². The molecule has 0 radical (unpaired) electrons. The Morgan fingerprint density at radius 2 is 1.84 bits per heavy atom. The van der Waals surface area contributed by atoms with Crippen LogP contribution in [-0.2, 0) is 4.79 Å². The number of aromatic amines is 1. The van der Waals surface area contributed by atoms with Gasteiger partial charge in [0.1, 0.15) is 5.82 Å². The van der Waals surface area contributed by atoms with Gasteiger partial charge in [0.05, 0.1) is 16.7 Å². The molecule has 0 aliphatic carbocycles. The van der Waals surface area contributed by atoms with Crippen molar-refractivity contribution in [3.05, 3.63) is 64.9 Å². The zero-order chi connectivity index (χ0) is 22.2. The number of aryl methyl sites for hydroxylation is 2. The fraction of sp³-hybridized carbons (Fsp3) is 0.292. The van der Waals surface area contributed by atoms with Crippen molar-refractivity contribution in [2.24, 2.45) is 0 Å². The predicted octanol–water partition coefficient (Wildman–Crippen LogP) is 4.22. The topological polar surface area (TPSA) is 70.1 Å². The van der Waals surface area contributed by atoms with Gasteiger partial charge in [0.15, 0.2) is 12.5 Å². The Morgan fingerprint density at radius 3 is 2.56 bits per heavy atom. The van der Waals surface area contributed by atoms with Crippen LogP contribution in [0, 0.1) is 13.8 Å². The molecule has 32 heavy (non-hydrogen) atoms. The average molecular weight is 449 g/mol. The Hall–Kier alpha value is -3.16. The number of carbonyl (C=O) groups excluding carboxylic acids is 1. The van der Waals surface area contributed by atoms with Gasteiger partial charge in [-0.1, -0.05) is 23.7 Å². The molecule has 2 aromatic carbocycles. The van der Waals surface area contributed by atoms with E-state index in [1.165, 1.54) is 0 Å². The SMILES string of the molecule is Cc1cc(C)n(C(C=O)N2CCN(c3ccccc3-c3nc4ccc(Cl)cc4[nH]3)CC2)n1. The highest BCUT2D eigenvalue weighted by atomic mass is 35.5. The number of carbonyl (C=O) groups is 1. The molecule has 2 aromatic heterocycles. The van der Waals surface area contributed by atoms with Crippen molar-refractivity contribution in [2.45, 2.75) is 20.0 Å². The Balaban J connectivity index is 1.38. The maximum atomic E-state index is 11.9. The van der Waals surface area contributed by atoms with Crippen LogP contribution in [0.1, 0.15) is 17.6 Å². The third kappa shape index (κ3) is 3.78. The van der Waals surface area contributed by atoms with Crippen LogP contribution in [0.25, 0.3) is 22.4 Å². The van der Waals surface area contributed by atoms with Crippen LogP contribution in [-0.4, -0.2) is 57.1 Å². The molecular weight excluding hydrogens is 424 g/mol. The van der Waals surface area contributed by atoms with Crippen LogP contribution in [0.2, 0.25) is 5.02 Å². The number of para-hydroxylation sites is 1. The Kier molecular flexibility index (Phi) is 5.45. The lowest BCUT2D eigenvalue weighted by molar-refractivity contribution is -0.116. The third-order valence-electron chi connectivity index (χ3n) is 6.05. The van der Waals surface area contributed by atoms with Gasteiger partial charge < -0.3 is 9.88 Å². The minimum absolute atomic E-state index is 0.374. The Labute approximate surface area is 191 Å². The van der Waals surface area contributed by atoms with Gasteiger partial charge in [0.2, 0.25) is 0 Å². The van der Waals surface area contributed by atoms with Crippen molar-refractivity contribution in [1.29, 1.82) is 0 Å². The summed E-state index contributed by atoms with van der Waals surface area (Å²) in [6.45, 7) is 7.10. The van der Waals surface area contributed by atoms with Gasteiger partial charge in [-0.15, -0.1) is 0 Å². The lowest BCUT2D eigenvalue weighted by Crippen LogP contribution is -2.49. The second-order valence-corrected chi connectivity index (χ2v) is 8.64. The fourth-order valence-corrected chi connectivity index (χ4v) is 4.67. The molecule has 5 rings (SSSR count). The minimum atomic E-state index is -0.374. The number of anilines is 1. The van der Waals surface area contributed by atoms with E-state index in [1.807, 2.05) is 48.9 Å². The maximum Gasteiger partial charge on any atom is 0.160 e. The van der Waals surface area contributed by atoms with E-state index in [4.69, 9.17) is 16.6 Å². The standard InChI is InChI=1S/C24H25ClN6O/c1-16-13-17(2)31(28-16)23(15-32)30-11-9-29(10-12-30)22-6-4-3-5-19(22)24-26-20-8-7-18(25)14-21(20)27-24/h3-8,13-15,23H,9-12H2,1-2H3,(H,26,27). The van der Waals surface area contributed by atoms with Gasteiger partial charge in [-0.2, -0.15) is 5.10 Å². The molecule has 1 saturated heterocycles. The van der Waals surface area contributed by atoms with Crippen molar-refractivity contribution < 1.29 is 4.79 Å². The van der Waals surface area contributed by atoms with E-state index >= 15 is 0 Å². The first-order valence-electron chi connectivity index (χ1n) is 10.8. The number of hydrogen-bond donors (Lipinski definition) is 1. The van der Waals surface area contributed by atoms with Crippen LogP contribution < -0.4 is 4.90 Å². The van der Waals surface area contributed by atoms with Crippen molar-refractivity contribution in [3.63, 3.8) is 0 Å². The first kappa shape index (κ1) is 20.7. The molecule has 1 aliphatic rings. The van der Waals surface area contributed by atoms with Crippen molar-refractivity contribution in [3.8, 4) is 11.4 Å². The van der Waals surface area contributed by atoms with E-state index in [0.717, 1.165) is 72.0 Å². The summed E-state index contributed by atoms with van der Waals surface area (Å²) < 4.78 is 1.82. The van der Waals surface area contributed by atoms with Crippen molar-refractivity contribution in [1.82, 2.24) is 24.6 Å². The summed E-state index contributed by atoms with van der Waals surface area (Å²) in [5, 5.41) is 5.21. The van der Waals surface area contributed by atoms with E-state index in [2.05, 4.69) is 38.1 Å². The van der Waals surface area contributed by atoms with E-state index in [1.54, 1.807) is 0 Å². The van der Waals surface area contributed by atoms with Gasteiger partial charge in [0, 0.05) is 48.1 Å². The van der Waals surface area contributed by atoms with Crippen LogP contribution in [0.15, 0.2) is 48.5 Å². The van der Waals surface area contributed by atoms with Gasteiger partial charge in [-0.05, 0) is 50.2 Å². The third-order valence-corrected chi connectivity index (χ3v) is 6.28. The molecule has 0 spiro atoms. The monoisotopic (exact) mass is 448 g/mol. The molecule has 1 N–H and O–H groups in total. The summed E-state index contributed by atoms with van der Waals surface area (Å²) in [4.78, 5) is 24.7. The quantitative estimate of drug-likeness (QED) is 0.463. The summed E-state index contributed by atoms with van der Waals surface area (Å²) in [6, 6.07) is 16.0. The summed E-state index contributed by atoms with van der Waals surface area (Å²) >= 11 is 6.14. The Bertz CT molecular complexity index is 1270. The molecule has 0 bridgehead atoms. The number of aldehydes is 1. The van der Waals surface area contributed by atoms with Crippen LogP contribution >= 0.6 is 11.6 Å². The molecule has 7 nitrogen and oxygen atoms in total. The van der Waals surface area contributed by atoms with Crippen LogP contribution in [0.4, 0.5) is 5.69 Å². The number of H-pyrrole nitrogens is 1. The average Bonchev–Trinajstić information content (AvgIpc) is 3.37. The largest absolute Gasteiger partial charge is 0.368 e. The first-order valence-corrected chi connectivity index (χ1v) is 11.1. The molecule has 3 heterocycles. The van der Waals surface area contributed by atoms with E-state index in [0.29, 0.717) is 5.02 Å². The molecule has 1 fully saturated rings. The predicted molar refractivity (Wildman–Crippen MR) is 127 cm³/mol. The molecule has 164 valence electrons. The smallest absolute Gasteiger partial charge is 0.160 e. The number of aromatic nitrogens is 4. The molecule has 0 amide bonds. The summed E-state index contributed by atoms with van der Waals surface area (Å²) in [5.41, 5.74) is 5.92. The summed E-state index contributed by atoms with van der Waals surface area (Å²) in [6.07, 6.45) is 0.615. The number of nitrogens with zero attached hydrogens (tertiary/aromatic N) is 5. The molecular formula is C24H25ClN6O. The van der Waals surface area contributed by atoms with E-state index in [9.17, 15) is 4.79 Å². The lowest BCUT2D eigenvalue weighted by atomic mass is 10.1. The molecule has 1 aliphatic heterocycles. The summed E-state index contributed by atoms with van der Waals surface area (Å²) in [5.74, 6) is 0.828. The van der Waals surface area contributed by atoms with Crippen LogP contribution in [0.5, 0.6) is 0 Å². The molecule has 0 saturated carbocycles. The van der Waals surface area contributed by atoms with Crippen molar-refractivity contribution >= 4 is 34.6 Å². The number of benzene rings is 2. The lowest BCUT2D eigenvalue weighted by Gasteiger charge is -2.39. The van der Waals surface area contributed by atoms with Gasteiger partial charge in [0.25, 0.3) is 0 Å². The van der Waals surface area contributed by atoms with Gasteiger partial charge >= 0.3 is 0 Å². The van der Waals surface area contributed by atoms with Gasteiger partial charge in [-0.25, -0.2) is 9.67 Å². The minimum Gasteiger partial charge on any atom is -0.368 e. The van der Waals surface area contributed by atoms with E-state index < -0.39 is 0 Å². The molecule has 4 aromatic rings. The first-order chi connectivity index (χ1) is 15.5. The second-order valence-electron chi connectivity index (χ2n) is 8.21. The molecule has 8 heteroatoms. The number of imidazole rings is 1. The summed E-state index contributed by atoms with van der Waals surface area (Å²) in [7, 11) is 0. The number of nitrogens with one attached hydrogen (secondary N) is 1. The zero-order valence-electron chi connectivity index (χ0n) is 18.1. The number of fused-ring (bicyclic) bond motifs is 1. The second kappa shape index (κ2) is 8.41. The zero-order valence-corrected chi connectivity index (χ0v) is 18.9. The van der Waals surface area contributed by atoms with Crippen molar-refractivity contribution in [2.75, 3.05) is 31.1 Å². The highest BCUT2D eigenvalue weighted by Crippen LogP contribution is 2.32. The van der Waals surface area contributed by atoms with E-state index in [-0.39, 0.29) is 6.17 Å². The number of rotatable bonds is 5. The highest BCUT2D eigenvalue weighted by Gasteiger charge is 2.27. The number of halogens is 1. The molecule has 1 atom stereocenters. The fourth-order valence-electron chi connectivity index (χ4n) is 4.50. The highest BCUT2D eigenvalue weighted by molar-refractivity contribution is 6.31. The molecule has 1 unspecified atom stereocenters. The normalized spacial score (nSPS) is 15.9. The maximum absolute atomic E-state index is 11.9. The number of piperazine rings is 1. The van der Waals surface area contributed by atoms with Gasteiger partial charge in [-0.3, -0.25) is 9.69 Å².